The third kappa shape index (κ3) is 5.93. The number of hydrogen-bond acceptors (Lipinski definition) is 2. The second kappa shape index (κ2) is 9.18. The van der Waals surface area contributed by atoms with Crippen LogP contribution in [0, 0.1) is 0 Å². The van der Waals surface area contributed by atoms with Crippen LogP contribution < -0.4 is 10.6 Å². The number of urea groups is 1. The Bertz CT molecular complexity index is 629. The standard InChI is InChI=1S/C18H21ClN2O2/c1-23-13-16-5-3-2-4-15(16)12-21-18(22)20-11-10-14-6-8-17(19)9-7-14/h2-9H,10-13H2,1H3,(H2,20,21,22). The van der Waals surface area contributed by atoms with Gasteiger partial charge in [-0.1, -0.05) is 48.0 Å². The number of methoxy groups -OCH3 is 1. The second-order valence-corrected chi connectivity index (χ2v) is 5.62. The van der Waals surface area contributed by atoms with Gasteiger partial charge in [-0.2, -0.15) is 0 Å². The summed E-state index contributed by atoms with van der Waals surface area (Å²) in [6.45, 7) is 1.59. The summed E-state index contributed by atoms with van der Waals surface area (Å²) in [4.78, 5) is 11.9. The molecule has 0 atom stereocenters. The summed E-state index contributed by atoms with van der Waals surface area (Å²) in [6, 6.07) is 15.4. The molecule has 0 saturated heterocycles. The zero-order chi connectivity index (χ0) is 16.5. The van der Waals surface area contributed by atoms with Crippen LogP contribution in [0.5, 0.6) is 0 Å². The summed E-state index contributed by atoms with van der Waals surface area (Å²) >= 11 is 5.84. The maximum absolute atomic E-state index is 11.9. The molecular weight excluding hydrogens is 312 g/mol. The number of hydrogen-bond donors (Lipinski definition) is 2. The highest BCUT2D eigenvalue weighted by Crippen LogP contribution is 2.10. The summed E-state index contributed by atoms with van der Waals surface area (Å²) in [6.07, 6.45) is 0.769. The fourth-order valence-corrected chi connectivity index (χ4v) is 2.36. The van der Waals surface area contributed by atoms with Crippen molar-refractivity contribution in [1.29, 1.82) is 0 Å². The Balaban J connectivity index is 1.74. The Labute approximate surface area is 141 Å². The largest absolute Gasteiger partial charge is 0.380 e. The fourth-order valence-electron chi connectivity index (χ4n) is 2.24. The summed E-state index contributed by atoms with van der Waals surface area (Å²) in [5.74, 6) is 0. The van der Waals surface area contributed by atoms with Gasteiger partial charge in [-0.15, -0.1) is 0 Å². The van der Waals surface area contributed by atoms with Gasteiger partial charge in [-0.05, 0) is 35.2 Å². The van der Waals surface area contributed by atoms with Crippen molar-refractivity contribution < 1.29 is 9.53 Å². The predicted octanol–water partition coefficient (Wildman–Crippen LogP) is 3.53. The Morgan fingerprint density at radius 3 is 2.43 bits per heavy atom. The molecule has 0 aliphatic heterocycles. The van der Waals surface area contributed by atoms with Gasteiger partial charge in [0.15, 0.2) is 0 Å². The van der Waals surface area contributed by atoms with Crippen molar-refractivity contribution in [3.8, 4) is 0 Å². The lowest BCUT2D eigenvalue weighted by Gasteiger charge is -2.11. The number of ether oxygens (including phenoxy) is 1. The summed E-state index contributed by atoms with van der Waals surface area (Å²) < 4.78 is 5.16. The number of carbonyl (C=O) groups is 1. The lowest BCUT2D eigenvalue weighted by Crippen LogP contribution is -2.36. The van der Waals surface area contributed by atoms with Gasteiger partial charge >= 0.3 is 6.03 Å². The normalized spacial score (nSPS) is 10.3. The third-order valence-electron chi connectivity index (χ3n) is 3.47. The van der Waals surface area contributed by atoms with Gasteiger partial charge in [0.05, 0.1) is 6.61 Å². The van der Waals surface area contributed by atoms with Gasteiger partial charge in [0.25, 0.3) is 0 Å². The molecule has 2 rings (SSSR count). The monoisotopic (exact) mass is 332 g/mol. The minimum Gasteiger partial charge on any atom is -0.380 e. The van der Waals surface area contributed by atoms with Crippen LogP contribution in [0.2, 0.25) is 5.02 Å². The van der Waals surface area contributed by atoms with Crippen molar-refractivity contribution in [3.05, 3.63) is 70.2 Å². The Hall–Kier alpha value is -2.04. The van der Waals surface area contributed by atoms with Crippen LogP contribution in [0.1, 0.15) is 16.7 Å². The van der Waals surface area contributed by atoms with Gasteiger partial charge < -0.3 is 15.4 Å². The lowest BCUT2D eigenvalue weighted by molar-refractivity contribution is 0.184. The van der Waals surface area contributed by atoms with E-state index in [1.165, 1.54) is 0 Å². The smallest absolute Gasteiger partial charge is 0.315 e. The molecule has 4 nitrogen and oxygen atoms in total. The number of halogens is 1. The van der Waals surface area contributed by atoms with Crippen molar-refractivity contribution in [2.24, 2.45) is 0 Å². The van der Waals surface area contributed by atoms with Gasteiger partial charge in [0.2, 0.25) is 0 Å². The van der Waals surface area contributed by atoms with E-state index in [0.29, 0.717) is 24.7 Å². The van der Waals surface area contributed by atoms with E-state index >= 15 is 0 Å². The van der Waals surface area contributed by atoms with E-state index in [1.54, 1.807) is 7.11 Å². The van der Waals surface area contributed by atoms with E-state index in [1.807, 2.05) is 48.5 Å². The summed E-state index contributed by atoms with van der Waals surface area (Å²) in [5, 5.41) is 6.44. The Kier molecular flexibility index (Phi) is 6.91. The highest BCUT2D eigenvalue weighted by molar-refractivity contribution is 6.30. The summed E-state index contributed by atoms with van der Waals surface area (Å²) in [7, 11) is 1.66. The zero-order valence-corrected chi connectivity index (χ0v) is 13.9. The topological polar surface area (TPSA) is 50.4 Å². The van der Waals surface area contributed by atoms with Crippen molar-refractivity contribution in [3.63, 3.8) is 0 Å². The molecule has 0 bridgehead atoms. The fraction of sp³-hybridized carbons (Fsp3) is 0.278. The average Bonchev–Trinajstić information content (AvgIpc) is 2.56. The van der Waals surface area contributed by atoms with Gasteiger partial charge in [0.1, 0.15) is 0 Å². The molecule has 0 fully saturated rings. The summed E-state index contributed by atoms with van der Waals surface area (Å²) in [5.41, 5.74) is 3.28. The van der Waals surface area contributed by atoms with Gasteiger partial charge in [-0.3, -0.25) is 0 Å². The molecular formula is C18H21ClN2O2. The highest BCUT2D eigenvalue weighted by Gasteiger charge is 2.04. The van der Waals surface area contributed by atoms with E-state index in [-0.39, 0.29) is 6.03 Å². The van der Waals surface area contributed by atoms with Crippen molar-refractivity contribution in [1.82, 2.24) is 10.6 Å². The Morgan fingerprint density at radius 1 is 1.04 bits per heavy atom. The molecule has 122 valence electrons. The van der Waals surface area contributed by atoms with Gasteiger partial charge in [0, 0.05) is 25.2 Å². The predicted molar refractivity (Wildman–Crippen MR) is 92.5 cm³/mol. The van der Waals surface area contributed by atoms with Crippen LogP contribution in [0.15, 0.2) is 48.5 Å². The average molecular weight is 333 g/mol. The van der Waals surface area contributed by atoms with Crippen LogP contribution in [0.3, 0.4) is 0 Å². The molecule has 0 unspecified atom stereocenters. The van der Waals surface area contributed by atoms with Crippen LogP contribution in [0.25, 0.3) is 0 Å². The highest BCUT2D eigenvalue weighted by atomic mass is 35.5. The molecule has 23 heavy (non-hydrogen) atoms. The molecule has 2 aromatic carbocycles. The molecule has 0 aromatic heterocycles. The van der Waals surface area contributed by atoms with Crippen LogP contribution >= 0.6 is 11.6 Å². The van der Waals surface area contributed by atoms with Gasteiger partial charge in [-0.25, -0.2) is 4.79 Å². The molecule has 2 aromatic rings. The quantitative estimate of drug-likeness (QED) is 0.815. The zero-order valence-electron chi connectivity index (χ0n) is 13.1. The van der Waals surface area contributed by atoms with Crippen LogP contribution in [0.4, 0.5) is 4.79 Å². The van der Waals surface area contributed by atoms with Crippen LogP contribution in [-0.4, -0.2) is 19.7 Å². The molecule has 0 aliphatic carbocycles. The van der Waals surface area contributed by atoms with Crippen LogP contribution in [-0.2, 0) is 24.3 Å². The number of benzene rings is 2. The molecule has 0 saturated carbocycles. The number of rotatable bonds is 7. The maximum atomic E-state index is 11.9. The SMILES string of the molecule is COCc1ccccc1CNC(=O)NCCc1ccc(Cl)cc1. The third-order valence-corrected chi connectivity index (χ3v) is 3.72. The Morgan fingerprint density at radius 2 is 1.74 bits per heavy atom. The first kappa shape index (κ1) is 17.3. The molecule has 2 N–H and O–H groups in total. The molecule has 2 amide bonds. The minimum atomic E-state index is -0.175. The first-order chi connectivity index (χ1) is 11.2. The van der Waals surface area contributed by atoms with Crippen molar-refractivity contribution in [2.75, 3.05) is 13.7 Å². The van der Waals surface area contributed by atoms with E-state index in [2.05, 4.69) is 10.6 Å². The first-order valence-electron chi connectivity index (χ1n) is 7.51. The molecule has 5 heteroatoms. The van der Waals surface area contributed by atoms with E-state index in [4.69, 9.17) is 16.3 Å². The maximum Gasteiger partial charge on any atom is 0.315 e. The van der Waals surface area contributed by atoms with E-state index < -0.39 is 0 Å². The molecule has 0 radical (unpaired) electrons. The molecule has 0 heterocycles. The van der Waals surface area contributed by atoms with Crippen molar-refractivity contribution >= 4 is 17.6 Å². The van der Waals surface area contributed by atoms with E-state index in [9.17, 15) is 4.79 Å². The number of nitrogens with one attached hydrogen (secondary N) is 2. The molecule has 0 spiro atoms. The number of amides is 2. The first-order valence-corrected chi connectivity index (χ1v) is 7.88. The van der Waals surface area contributed by atoms with Crippen molar-refractivity contribution in [2.45, 2.75) is 19.6 Å². The molecule has 0 aliphatic rings. The lowest BCUT2D eigenvalue weighted by atomic mass is 10.1. The van der Waals surface area contributed by atoms with E-state index in [0.717, 1.165) is 23.1 Å². The minimum absolute atomic E-state index is 0.175. The number of carbonyl (C=O) groups excluding carboxylic acids is 1. The second-order valence-electron chi connectivity index (χ2n) is 5.19.